The number of nitrogen functional groups attached to an aromatic ring is 1. The monoisotopic (exact) mass is 312 g/mol. The number of hydrogen-bond donors (Lipinski definition) is 2. The number of anilines is 1. The zero-order chi connectivity index (χ0) is 13.2. The molecule has 1 saturated carbocycles. The first-order valence-corrected chi connectivity index (χ1v) is 6.75. The molecule has 2 rings (SSSR count). The highest BCUT2D eigenvalue weighted by atomic mass is 79.9. The van der Waals surface area contributed by atoms with E-state index in [0.717, 1.165) is 19.3 Å². The average Bonchev–Trinajstić information content (AvgIpc) is 2.31. The summed E-state index contributed by atoms with van der Waals surface area (Å²) in [4.78, 5) is 12.1. The van der Waals surface area contributed by atoms with Crippen molar-refractivity contribution in [2.45, 2.75) is 24.9 Å². The molecule has 1 amide bonds. The first kappa shape index (κ1) is 13.4. The molecule has 0 spiro atoms. The van der Waals surface area contributed by atoms with Crippen molar-refractivity contribution < 1.29 is 9.53 Å². The Hall–Kier alpha value is -1.07. The minimum Gasteiger partial charge on any atom is -0.398 e. The first-order valence-electron chi connectivity index (χ1n) is 5.95. The van der Waals surface area contributed by atoms with Crippen molar-refractivity contribution in [2.75, 3.05) is 19.4 Å². The van der Waals surface area contributed by atoms with Crippen LogP contribution in [0, 0.1) is 0 Å². The molecule has 0 radical (unpaired) electrons. The fourth-order valence-corrected chi connectivity index (χ4v) is 2.53. The van der Waals surface area contributed by atoms with Gasteiger partial charge in [-0.05, 0) is 47.3 Å². The average molecular weight is 313 g/mol. The van der Waals surface area contributed by atoms with Gasteiger partial charge in [0.15, 0.2) is 0 Å². The first-order chi connectivity index (χ1) is 8.58. The van der Waals surface area contributed by atoms with Gasteiger partial charge in [0.05, 0.1) is 15.6 Å². The molecule has 1 fully saturated rings. The maximum Gasteiger partial charge on any atom is 0.252 e. The van der Waals surface area contributed by atoms with E-state index in [1.807, 2.05) is 0 Å². The van der Waals surface area contributed by atoms with Gasteiger partial charge in [0, 0.05) is 19.3 Å². The number of nitrogens with two attached hydrogens (primary N) is 1. The van der Waals surface area contributed by atoms with Gasteiger partial charge in [-0.25, -0.2) is 0 Å². The lowest BCUT2D eigenvalue weighted by Gasteiger charge is -2.40. The highest BCUT2D eigenvalue weighted by Gasteiger charge is 2.37. The number of rotatable bonds is 4. The molecule has 0 heterocycles. The van der Waals surface area contributed by atoms with Crippen LogP contribution in [0.1, 0.15) is 29.6 Å². The van der Waals surface area contributed by atoms with E-state index in [-0.39, 0.29) is 11.5 Å². The van der Waals surface area contributed by atoms with E-state index < -0.39 is 0 Å². The summed E-state index contributed by atoms with van der Waals surface area (Å²) in [7, 11) is 1.70. The van der Waals surface area contributed by atoms with Crippen molar-refractivity contribution in [1.29, 1.82) is 0 Å². The number of hydrogen-bond acceptors (Lipinski definition) is 3. The van der Waals surface area contributed by atoms with E-state index in [2.05, 4.69) is 21.2 Å². The van der Waals surface area contributed by atoms with Crippen LogP contribution >= 0.6 is 15.9 Å². The molecule has 3 N–H and O–H groups in total. The van der Waals surface area contributed by atoms with Gasteiger partial charge in [-0.3, -0.25) is 4.79 Å². The minimum atomic E-state index is -0.164. The summed E-state index contributed by atoms with van der Waals surface area (Å²) < 4.78 is 6.10. The third-order valence-corrected chi connectivity index (χ3v) is 4.43. The van der Waals surface area contributed by atoms with Gasteiger partial charge < -0.3 is 15.8 Å². The third kappa shape index (κ3) is 2.52. The molecule has 0 aromatic heterocycles. The van der Waals surface area contributed by atoms with Gasteiger partial charge in [0.25, 0.3) is 5.91 Å². The van der Waals surface area contributed by atoms with Crippen LogP contribution in [0.2, 0.25) is 0 Å². The molecule has 1 aromatic carbocycles. The number of methoxy groups -OCH3 is 1. The Morgan fingerprint density at radius 3 is 2.83 bits per heavy atom. The van der Waals surface area contributed by atoms with Crippen LogP contribution in [0.3, 0.4) is 0 Å². The van der Waals surface area contributed by atoms with Gasteiger partial charge in [-0.2, -0.15) is 0 Å². The van der Waals surface area contributed by atoms with E-state index in [4.69, 9.17) is 10.5 Å². The molecule has 1 aromatic rings. The Kier molecular flexibility index (Phi) is 3.92. The zero-order valence-electron chi connectivity index (χ0n) is 10.3. The lowest BCUT2D eigenvalue weighted by atomic mass is 9.80. The molecule has 1 aliphatic carbocycles. The van der Waals surface area contributed by atoms with Gasteiger partial charge in [-0.15, -0.1) is 0 Å². The van der Waals surface area contributed by atoms with Crippen molar-refractivity contribution in [3.05, 3.63) is 28.2 Å². The topological polar surface area (TPSA) is 64.3 Å². The Balaban J connectivity index is 2.02. The smallest absolute Gasteiger partial charge is 0.252 e. The molecule has 0 unspecified atom stereocenters. The second kappa shape index (κ2) is 5.28. The highest BCUT2D eigenvalue weighted by Crippen LogP contribution is 2.34. The summed E-state index contributed by atoms with van der Waals surface area (Å²) in [6.07, 6.45) is 3.16. The summed E-state index contributed by atoms with van der Waals surface area (Å²) in [5.41, 5.74) is 6.71. The standard InChI is InChI=1S/C13H17BrN2O2/c1-18-13(6-3-7-13)8-16-12(17)9-4-2-5-10(15)11(9)14/h2,4-5H,3,6-8,15H2,1H3,(H,16,17). The van der Waals surface area contributed by atoms with E-state index in [1.54, 1.807) is 25.3 Å². The van der Waals surface area contributed by atoms with Crippen LogP contribution in [0.25, 0.3) is 0 Å². The number of halogens is 1. The predicted molar refractivity (Wildman–Crippen MR) is 74.5 cm³/mol. The summed E-state index contributed by atoms with van der Waals surface area (Å²) in [5, 5.41) is 2.91. The Bertz CT molecular complexity index is 453. The predicted octanol–water partition coefficient (Wildman–Crippen LogP) is 2.33. The van der Waals surface area contributed by atoms with Gasteiger partial charge >= 0.3 is 0 Å². The molecule has 0 aliphatic heterocycles. The zero-order valence-corrected chi connectivity index (χ0v) is 11.9. The van der Waals surface area contributed by atoms with Crippen LogP contribution in [0.5, 0.6) is 0 Å². The lowest BCUT2D eigenvalue weighted by Crippen LogP contribution is -2.49. The van der Waals surface area contributed by atoms with Crippen LogP contribution in [0.4, 0.5) is 5.69 Å². The van der Waals surface area contributed by atoms with E-state index in [0.29, 0.717) is 22.3 Å². The van der Waals surface area contributed by atoms with Crippen molar-refractivity contribution in [1.82, 2.24) is 5.32 Å². The molecule has 0 bridgehead atoms. The largest absolute Gasteiger partial charge is 0.398 e. The van der Waals surface area contributed by atoms with Gasteiger partial charge in [0.2, 0.25) is 0 Å². The molecule has 98 valence electrons. The SMILES string of the molecule is COC1(CNC(=O)c2cccc(N)c2Br)CCC1. The summed E-state index contributed by atoms with van der Waals surface area (Å²) in [5.74, 6) is -0.127. The maximum absolute atomic E-state index is 12.1. The Morgan fingerprint density at radius 2 is 2.28 bits per heavy atom. The highest BCUT2D eigenvalue weighted by molar-refractivity contribution is 9.10. The molecular weight excluding hydrogens is 296 g/mol. The summed E-state index contributed by atoms with van der Waals surface area (Å²) >= 11 is 3.33. The molecule has 0 saturated heterocycles. The number of carbonyl (C=O) groups excluding carboxylic acids is 1. The van der Waals surface area contributed by atoms with Crippen molar-refractivity contribution >= 4 is 27.5 Å². The molecule has 1 aliphatic rings. The van der Waals surface area contributed by atoms with Crippen LogP contribution < -0.4 is 11.1 Å². The summed E-state index contributed by atoms with van der Waals surface area (Å²) in [6, 6.07) is 5.27. The van der Waals surface area contributed by atoms with E-state index in [9.17, 15) is 4.79 Å². The van der Waals surface area contributed by atoms with Crippen LogP contribution in [0.15, 0.2) is 22.7 Å². The summed E-state index contributed by atoms with van der Waals surface area (Å²) in [6.45, 7) is 0.545. The van der Waals surface area contributed by atoms with Crippen LogP contribution in [-0.2, 0) is 4.74 Å². The molecule has 18 heavy (non-hydrogen) atoms. The Morgan fingerprint density at radius 1 is 1.56 bits per heavy atom. The van der Waals surface area contributed by atoms with E-state index >= 15 is 0 Å². The second-order valence-electron chi connectivity index (χ2n) is 4.63. The fraction of sp³-hybridized carbons (Fsp3) is 0.462. The number of carbonyl (C=O) groups is 1. The minimum absolute atomic E-state index is 0.127. The number of ether oxygens (including phenoxy) is 1. The number of nitrogens with one attached hydrogen (secondary N) is 1. The lowest BCUT2D eigenvalue weighted by molar-refractivity contribution is -0.0679. The normalized spacial score (nSPS) is 17.0. The quantitative estimate of drug-likeness (QED) is 0.839. The molecule has 4 nitrogen and oxygen atoms in total. The number of amides is 1. The second-order valence-corrected chi connectivity index (χ2v) is 5.43. The van der Waals surface area contributed by atoms with Crippen molar-refractivity contribution in [3.8, 4) is 0 Å². The van der Waals surface area contributed by atoms with Gasteiger partial charge in [-0.1, -0.05) is 6.07 Å². The molecule has 5 heteroatoms. The van der Waals surface area contributed by atoms with Crippen molar-refractivity contribution in [2.24, 2.45) is 0 Å². The van der Waals surface area contributed by atoms with Crippen molar-refractivity contribution in [3.63, 3.8) is 0 Å². The molecular formula is C13H17BrN2O2. The maximum atomic E-state index is 12.1. The third-order valence-electron chi connectivity index (χ3n) is 3.54. The molecule has 0 atom stereocenters. The Labute approximate surface area is 115 Å². The fourth-order valence-electron chi connectivity index (χ4n) is 2.09. The van der Waals surface area contributed by atoms with Crippen LogP contribution in [-0.4, -0.2) is 25.2 Å². The van der Waals surface area contributed by atoms with Gasteiger partial charge in [0.1, 0.15) is 0 Å². The number of benzene rings is 1. The van der Waals surface area contributed by atoms with E-state index in [1.165, 1.54) is 0 Å².